The Kier molecular flexibility index (Phi) is 4.93. The van der Waals surface area contributed by atoms with Gasteiger partial charge in [0.15, 0.2) is 5.65 Å². The number of imidazole rings is 1. The van der Waals surface area contributed by atoms with Crippen molar-refractivity contribution in [2.75, 3.05) is 5.32 Å². The van der Waals surface area contributed by atoms with Gasteiger partial charge < -0.3 is 5.11 Å². The first-order chi connectivity index (χ1) is 12.7. The molecule has 2 unspecified atom stereocenters. The van der Waals surface area contributed by atoms with Crippen LogP contribution in [0.3, 0.4) is 0 Å². The van der Waals surface area contributed by atoms with Crippen LogP contribution in [0, 0.1) is 12.7 Å². The molecule has 3 aromatic rings. The maximum Gasteiger partial charge on any atom is 0.229 e. The van der Waals surface area contributed by atoms with Crippen LogP contribution in [0.5, 0.6) is 0 Å². The average molecular weight is 374 g/mol. The quantitative estimate of drug-likeness (QED) is 0.718. The number of fused-ring (bicyclic) bond motifs is 1. The number of carbonyl (C=O) groups is 1. The van der Waals surface area contributed by atoms with E-state index in [-0.39, 0.29) is 5.95 Å². The molecule has 1 amide bonds. The molecule has 142 valence electrons. The number of nitrogens with one attached hydrogen (secondary N) is 1. The smallest absolute Gasteiger partial charge is 0.229 e. The fraction of sp³-hybridized carbons (Fsp3) is 0.316. The molecule has 0 aliphatic carbocycles. The maximum absolute atomic E-state index is 13.5. The highest BCUT2D eigenvalue weighted by molar-refractivity contribution is 5.92. The van der Waals surface area contributed by atoms with Gasteiger partial charge in [-0.3, -0.25) is 14.7 Å². The summed E-state index contributed by atoms with van der Waals surface area (Å²) >= 11 is 0. The summed E-state index contributed by atoms with van der Waals surface area (Å²) in [5.41, 5.74) is 0.523. The van der Waals surface area contributed by atoms with Crippen LogP contribution < -0.4 is 5.32 Å². The number of aryl methyl sites for hydroxylation is 1. The van der Waals surface area contributed by atoms with E-state index in [9.17, 15) is 18.7 Å². The van der Waals surface area contributed by atoms with Crippen molar-refractivity contribution in [3.05, 3.63) is 47.9 Å². The molecule has 8 heteroatoms. The third-order valence-electron chi connectivity index (χ3n) is 4.36. The van der Waals surface area contributed by atoms with Gasteiger partial charge in [-0.25, -0.2) is 18.7 Å². The second kappa shape index (κ2) is 7.03. The van der Waals surface area contributed by atoms with Crippen LogP contribution in [0.1, 0.15) is 26.0 Å². The summed E-state index contributed by atoms with van der Waals surface area (Å²) in [7, 11) is 0. The largest absolute Gasteiger partial charge is 0.387 e. The maximum atomic E-state index is 13.5. The van der Waals surface area contributed by atoms with Gasteiger partial charge in [0, 0.05) is 5.69 Å². The lowest BCUT2D eigenvalue weighted by atomic mass is 9.97. The number of nitrogens with zero attached hydrogens (tertiary/aromatic N) is 3. The molecule has 0 saturated heterocycles. The molecule has 0 aliphatic rings. The molecule has 6 nitrogen and oxygen atoms in total. The number of benzene rings is 1. The molecular weight excluding hydrogens is 354 g/mol. The van der Waals surface area contributed by atoms with Gasteiger partial charge in [0.25, 0.3) is 0 Å². The van der Waals surface area contributed by atoms with Crippen LogP contribution in [0.2, 0.25) is 0 Å². The van der Waals surface area contributed by atoms with Crippen molar-refractivity contribution in [2.45, 2.75) is 39.0 Å². The molecule has 0 radical (unpaired) electrons. The Bertz CT molecular complexity index is 981. The number of anilines is 1. The molecule has 0 spiro atoms. The number of aromatic nitrogens is 3. The molecule has 0 saturated carbocycles. The third kappa shape index (κ3) is 3.95. The average Bonchev–Trinajstić information content (AvgIpc) is 2.92. The number of amides is 1. The Morgan fingerprint density at radius 2 is 1.93 bits per heavy atom. The highest BCUT2D eigenvalue weighted by Gasteiger charge is 2.32. The van der Waals surface area contributed by atoms with Crippen molar-refractivity contribution in [1.82, 2.24) is 14.5 Å². The lowest BCUT2D eigenvalue weighted by Crippen LogP contribution is -2.38. The van der Waals surface area contributed by atoms with Crippen LogP contribution in [0.4, 0.5) is 14.7 Å². The SMILES string of the molecule is Cc1ccc2nc(NC(=O)CC(C)(O)C(C)F)n(-c3ccc(F)cc3)c2n1. The molecule has 0 aliphatic heterocycles. The fourth-order valence-corrected chi connectivity index (χ4v) is 2.61. The molecule has 2 heterocycles. The number of halogens is 2. The van der Waals surface area contributed by atoms with Crippen molar-refractivity contribution in [3.63, 3.8) is 0 Å². The molecule has 1 aromatic carbocycles. The molecular formula is C19H20F2N4O2. The zero-order chi connectivity index (χ0) is 19.8. The number of hydrogen-bond acceptors (Lipinski definition) is 4. The van der Waals surface area contributed by atoms with E-state index in [4.69, 9.17) is 0 Å². The highest BCUT2D eigenvalue weighted by Crippen LogP contribution is 2.25. The van der Waals surface area contributed by atoms with Gasteiger partial charge >= 0.3 is 0 Å². The van der Waals surface area contributed by atoms with E-state index < -0.39 is 29.9 Å². The van der Waals surface area contributed by atoms with Crippen molar-refractivity contribution in [1.29, 1.82) is 0 Å². The number of hydrogen-bond donors (Lipinski definition) is 2. The number of carbonyl (C=O) groups excluding carboxylic acids is 1. The van der Waals surface area contributed by atoms with Crippen LogP contribution in [-0.4, -0.2) is 37.3 Å². The van der Waals surface area contributed by atoms with E-state index in [0.717, 1.165) is 5.69 Å². The van der Waals surface area contributed by atoms with Crippen molar-refractivity contribution in [3.8, 4) is 5.69 Å². The molecule has 2 atom stereocenters. The van der Waals surface area contributed by atoms with E-state index in [1.165, 1.54) is 38.1 Å². The van der Waals surface area contributed by atoms with Crippen molar-refractivity contribution < 1.29 is 18.7 Å². The lowest BCUT2D eigenvalue weighted by Gasteiger charge is -2.23. The van der Waals surface area contributed by atoms with E-state index in [2.05, 4.69) is 15.3 Å². The summed E-state index contributed by atoms with van der Waals surface area (Å²) in [4.78, 5) is 21.2. The summed E-state index contributed by atoms with van der Waals surface area (Å²) < 4.78 is 28.4. The topological polar surface area (TPSA) is 80.0 Å². The number of rotatable bonds is 5. The molecule has 2 N–H and O–H groups in total. The minimum atomic E-state index is -1.80. The molecule has 0 bridgehead atoms. The predicted molar refractivity (Wildman–Crippen MR) is 98.0 cm³/mol. The third-order valence-corrected chi connectivity index (χ3v) is 4.36. The van der Waals surface area contributed by atoms with Gasteiger partial charge in [0.2, 0.25) is 11.9 Å². The highest BCUT2D eigenvalue weighted by atomic mass is 19.1. The Morgan fingerprint density at radius 3 is 2.56 bits per heavy atom. The minimum absolute atomic E-state index is 0.155. The van der Waals surface area contributed by atoms with Gasteiger partial charge in [-0.2, -0.15) is 0 Å². The Morgan fingerprint density at radius 1 is 1.26 bits per heavy atom. The number of alkyl halides is 1. The zero-order valence-electron chi connectivity index (χ0n) is 15.2. The summed E-state index contributed by atoms with van der Waals surface area (Å²) in [6.45, 7) is 4.26. The molecule has 2 aromatic heterocycles. The van der Waals surface area contributed by atoms with Crippen LogP contribution in [0.25, 0.3) is 16.9 Å². The standard InChI is InChI=1S/C19H20F2N4O2/c1-11-4-9-15-17(22-11)25(14-7-5-13(21)6-8-14)18(23-15)24-16(26)10-19(3,27)12(2)20/h4-9,12,27H,10H2,1-3H3,(H,23,24,26). The summed E-state index contributed by atoms with van der Waals surface area (Å²) in [6.07, 6.45) is -2.02. The first-order valence-corrected chi connectivity index (χ1v) is 8.46. The first kappa shape index (κ1) is 18.9. The number of aliphatic hydroxyl groups is 1. The van der Waals surface area contributed by atoms with Gasteiger partial charge in [-0.15, -0.1) is 0 Å². The number of pyridine rings is 1. The molecule has 3 rings (SSSR count). The fourth-order valence-electron chi connectivity index (χ4n) is 2.61. The van der Waals surface area contributed by atoms with Gasteiger partial charge in [-0.1, -0.05) is 0 Å². The van der Waals surface area contributed by atoms with Gasteiger partial charge in [-0.05, 0) is 57.2 Å². The normalized spacial score (nSPS) is 14.7. The molecule has 27 heavy (non-hydrogen) atoms. The van der Waals surface area contributed by atoms with Crippen LogP contribution in [-0.2, 0) is 4.79 Å². The minimum Gasteiger partial charge on any atom is -0.387 e. The van der Waals surface area contributed by atoms with E-state index in [1.54, 1.807) is 16.7 Å². The van der Waals surface area contributed by atoms with Crippen LogP contribution in [0.15, 0.2) is 36.4 Å². The first-order valence-electron chi connectivity index (χ1n) is 8.46. The predicted octanol–water partition coefficient (Wildman–Crippen LogP) is 3.31. The second-order valence-electron chi connectivity index (χ2n) is 6.74. The van der Waals surface area contributed by atoms with Crippen LogP contribution >= 0.6 is 0 Å². The van der Waals surface area contributed by atoms with Crippen molar-refractivity contribution in [2.24, 2.45) is 0 Å². The van der Waals surface area contributed by atoms with Gasteiger partial charge in [0.1, 0.15) is 23.1 Å². The summed E-state index contributed by atoms with van der Waals surface area (Å²) in [6, 6.07) is 9.20. The molecule has 0 fully saturated rings. The summed E-state index contributed by atoms with van der Waals surface area (Å²) in [5, 5.41) is 12.6. The van der Waals surface area contributed by atoms with E-state index in [1.807, 2.05) is 6.92 Å². The second-order valence-corrected chi connectivity index (χ2v) is 6.74. The Hall–Kier alpha value is -2.87. The zero-order valence-corrected chi connectivity index (χ0v) is 15.2. The Balaban J connectivity index is 2.03. The van der Waals surface area contributed by atoms with E-state index in [0.29, 0.717) is 16.9 Å². The van der Waals surface area contributed by atoms with Crippen molar-refractivity contribution >= 4 is 23.0 Å². The monoisotopic (exact) mass is 374 g/mol. The van der Waals surface area contributed by atoms with E-state index >= 15 is 0 Å². The lowest BCUT2D eigenvalue weighted by molar-refractivity contribution is -0.123. The Labute approximate surface area is 154 Å². The van der Waals surface area contributed by atoms with Gasteiger partial charge in [0.05, 0.1) is 12.1 Å². The summed E-state index contributed by atoms with van der Waals surface area (Å²) in [5.74, 6) is -0.840.